The van der Waals surface area contributed by atoms with E-state index in [1.54, 1.807) is 0 Å². The molecule has 0 amide bonds. The van der Waals surface area contributed by atoms with Crippen molar-refractivity contribution in [1.29, 1.82) is 0 Å². The fourth-order valence-electron chi connectivity index (χ4n) is 2.57. The summed E-state index contributed by atoms with van der Waals surface area (Å²) < 4.78 is 1.13. The minimum Gasteiger partial charge on any atom is -0.329 e. The van der Waals surface area contributed by atoms with E-state index in [9.17, 15) is 0 Å². The molecule has 1 aromatic carbocycles. The van der Waals surface area contributed by atoms with Crippen molar-refractivity contribution in [1.82, 2.24) is 4.90 Å². The quantitative estimate of drug-likeness (QED) is 0.924. The van der Waals surface area contributed by atoms with Gasteiger partial charge >= 0.3 is 0 Å². The van der Waals surface area contributed by atoms with Gasteiger partial charge in [0, 0.05) is 23.1 Å². The van der Waals surface area contributed by atoms with Crippen molar-refractivity contribution < 1.29 is 0 Å². The maximum atomic E-state index is 5.93. The first-order chi connectivity index (χ1) is 7.72. The van der Waals surface area contributed by atoms with Crippen molar-refractivity contribution in [3.05, 3.63) is 34.3 Å². The van der Waals surface area contributed by atoms with Crippen molar-refractivity contribution in [3.8, 4) is 0 Å². The van der Waals surface area contributed by atoms with E-state index in [4.69, 9.17) is 5.73 Å². The Morgan fingerprint density at radius 1 is 1.44 bits per heavy atom. The van der Waals surface area contributed by atoms with Gasteiger partial charge in [0.1, 0.15) is 0 Å². The molecule has 16 heavy (non-hydrogen) atoms. The summed E-state index contributed by atoms with van der Waals surface area (Å²) >= 11 is 3.47. The topological polar surface area (TPSA) is 29.3 Å². The van der Waals surface area contributed by atoms with E-state index in [0.29, 0.717) is 18.6 Å². The first-order valence-corrected chi connectivity index (χ1v) is 6.73. The van der Waals surface area contributed by atoms with Gasteiger partial charge in [-0.3, -0.25) is 4.90 Å². The van der Waals surface area contributed by atoms with Crippen LogP contribution in [-0.2, 0) is 0 Å². The van der Waals surface area contributed by atoms with E-state index in [1.165, 1.54) is 24.9 Å². The average Bonchev–Trinajstić information content (AvgIpc) is 2.69. The molecule has 2 atom stereocenters. The van der Waals surface area contributed by atoms with E-state index in [1.807, 2.05) is 0 Å². The van der Waals surface area contributed by atoms with Crippen LogP contribution >= 0.6 is 15.9 Å². The zero-order valence-electron chi connectivity index (χ0n) is 9.70. The molecule has 1 fully saturated rings. The average molecular weight is 283 g/mol. The van der Waals surface area contributed by atoms with Crippen LogP contribution in [0.15, 0.2) is 28.7 Å². The highest BCUT2D eigenvalue weighted by Crippen LogP contribution is 2.29. The van der Waals surface area contributed by atoms with Crippen molar-refractivity contribution >= 4 is 15.9 Å². The molecule has 3 heteroatoms. The molecule has 1 aliphatic rings. The van der Waals surface area contributed by atoms with Gasteiger partial charge in [-0.25, -0.2) is 0 Å². The molecule has 0 radical (unpaired) electrons. The molecule has 2 rings (SSSR count). The molecule has 0 spiro atoms. The molecule has 1 aliphatic heterocycles. The molecule has 0 aliphatic carbocycles. The second-order valence-corrected chi connectivity index (χ2v) is 5.45. The van der Waals surface area contributed by atoms with E-state index in [0.717, 1.165) is 4.47 Å². The van der Waals surface area contributed by atoms with Crippen LogP contribution < -0.4 is 5.73 Å². The predicted molar refractivity (Wildman–Crippen MR) is 71.3 cm³/mol. The molecular formula is C13H19BrN2. The Bertz CT molecular complexity index is 336. The third-order valence-corrected chi connectivity index (χ3v) is 4.01. The summed E-state index contributed by atoms with van der Waals surface area (Å²) in [4.78, 5) is 2.53. The number of rotatable bonds is 3. The summed E-state index contributed by atoms with van der Waals surface area (Å²) in [7, 11) is 0. The van der Waals surface area contributed by atoms with Gasteiger partial charge in [0.2, 0.25) is 0 Å². The Morgan fingerprint density at radius 2 is 2.12 bits per heavy atom. The standard InChI is InChI=1S/C13H19BrN2/c1-10-3-2-8-16(10)13(9-15)11-4-6-12(14)7-5-11/h4-7,10,13H,2-3,8-9,15H2,1H3. The molecule has 1 heterocycles. The molecule has 0 bridgehead atoms. The van der Waals surface area contributed by atoms with Crippen LogP contribution in [0.4, 0.5) is 0 Å². The van der Waals surface area contributed by atoms with Crippen LogP contribution in [0.5, 0.6) is 0 Å². The molecule has 1 aromatic rings. The number of likely N-dealkylation sites (tertiary alicyclic amines) is 1. The van der Waals surface area contributed by atoms with Gasteiger partial charge in [-0.05, 0) is 44.0 Å². The monoisotopic (exact) mass is 282 g/mol. The van der Waals surface area contributed by atoms with E-state index in [2.05, 4.69) is 52.0 Å². The Hall–Kier alpha value is -0.380. The summed E-state index contributed by atoms with van der Waals surface area (Å²) in [6, 6.07) is 9.58. The van der Waals surface area contributed by atoms with Gasteiger partial charge in [-0.2, -0.15) is 0 Å². The molecular weight excluding hydrogens is 264 g/mol. The molecule has 2 nitrogen and oxygen atoms in total. The van der Waals surface area contributed by atoms with E-state index < -0.39 is 0 Å². The summed E-state index contributed by atoms with van der Waals surface area (Å²) in [5.41, 5.74) is 7.26. The minimum absolute atomic E-state index is 0.380. The van der Waals surface area contributed by atoms with Crippen LogP contribution in [0.3, 0.4) is 0 Å². The van der Waals surface area contributed by atoms with Gasteiger partial charge in [-0.1, -0.05) is 28.1 Å². The van der Waals surface area contributed by atoms with Crippen molar-refractivity contribution in [2.45, 2.75) is 31.8 Å². The Kier molecular flexibility index (Phi) is 4.00. The molecule has 0 aromatic heterocycles. The van der Waals surface area contributed by atoms with Crippen molar-refractivity contribution in [2.75, 3.05) is 13.1 Å². The number of benzene rings is 1. The summed E-state index contributed by atoms with van der Waals surface area (Å²) in [5, 5.41) is 0. The minimum atomic E-state index is 0.380. The lowest BCUT2D eigenvalue weighted by Crippen LogP contribution is -2.35. The smallest absolute Gasteiger partial charge is 0.0473 e. The molecule has 1 saturated heterocycles. The maximum Gasteiger partial charge on any atom is 0.0473 e. The normalized spacial score (nSPS) is 23.6. The maximum absolute atomic E-state index is 5.93. The first-order valence-electron chi connectivity index (χ1n) is 5.93. The summed E-state index contributed by atoms with van der Waals surface area (Å²) in [6.45, 7) is 4.18. The lowest BCUT2D eigenvalue weighted by atomic mass is 10.0. The van der Waals surface area contributed by atoms with Gasteiger partial charge in [-0.15, -0.1) is 0 Å². The van der Waals surface area contributed by atoms with Crippen molar-refractivity contribution in [3.63, 3.8) is 0 Å². The Balaban J connectivity index is 2.18. The second kappa shape index (κ2) is 5.30. The highest BCUT2D eigenvalue weighted by atomic mass is 79.9. The first kappa shape index (κ1) is 12.1. The SMILES string of the molecule is CC1CCCN1C(CN)c1ccc(Br)cc1. The molecule has 2 N–H and O–H groups in total. The van der Waals surface area contributed by atoms with Gasteiger partial charge in [0.05, 0.1) is 0 Å². The van der Waals surface area contributed by atoms with E-state index >= 15 is 0 Å². The van der Waals surface area contributed by atoms with Gasteiger partial charge in [0.15, 0.2) is 0 Å². The van der Waals surface area contributed by atoms with Crippen LogP contribution in [0.2, 0.25) is 0 Å². The van der Waals surface area contributed by atoms with Crippen LogP contribution in [-0.4, -0.2) is 24.0 Å². The van der Waals surface area contributed by atoms with Gasteiger partial charge in [0.25, 0.3) is 0 Å². The number of hydrogen-bond acceptors (Lipinski definition) is 2. The largest absolute Gasteiger partial charge is 0.329 e. The summed E-state index contributed by atoms with van der Waals surface area (Å²) in [5.74, 6) is 0. The van der Waals surface area contributed by atoms with Gasteiger partial charge < -0.3 is 5.73 Å². The fourth-order valence-corrected chi connectivity index (χ4v) is 2.83. The number of nitrogens with zero attached hydrogens (tertiary/aromatic N) is 1. The highest BCUT2D eigenvalue weighted by Gasteiger charge is 2.27. The zero-order chi connectivity index (χ0) is 11.5. The van der Waals surface area contributed by atoms with Crippen LogP contribution in [0.25, 0.3) is 0 Å². The summed E-state index contributed by atoms with van der Waals surface area (Å²) in [6.07, 6.45) is 2.60. The van der Waals surface area contributed by atoms with Crippen LogP contribution in [0, 0.1) is 0 Å². The molecule has 88 valence electrons. The third kappa shape index (κ3) is 2.47. The fraction of sp³-hybridized carbons (Fsp3) is 0.538. The number of halogens is 1. The molecule has 0 saturated carbocycles. The van der Waals surface area contributed by atoms with Crippen LogP contribution in [0.1, 0.15) is 31.4 Å². The third-order valence-electron chi connectivity index (χ3n) is 3.48. The van der Waals surface area contributed by atoms with E-state index in [-0.39, 0.29) is 0 Å². The number of hydrogen-bond donors (Lipinski definition) is 1. The lowest BCUT2D eigenvalue weighted by Gasteiger charge is -2.30. The van der Waals surface area contributed by atoms with Crippen molar-refractivity contribution in [2.24, 2.45) is 5.73 Å². The Labute approximate surface area is 106 Å². The Morgan fingerprint density at radius 3 is 2.62 bits per heavy atom. The lowest BCUT2D eigenvalue weighted by molar-refractivity contribution is 0.195. The predicted octanol–water partition coefficient (Wildman–Crippen LogP) is 2.93. The highest BCUT2D eigenvalue weighted by molar-refractivity contribution is 9.10. The molecule has 2 unspecified atom stereocenters. The number of nitrogens with two attached hydrogens (primary N) is 1. The second-order valence-electron chi connectivity index (χ2n) is 4.53. The zero-order valence-corrected chi connectivity index (χ0v) is 11.3.